The molecule has 5 heteroatoms. The molecule has 0 spiro atoms. The first kappa shape index (κ1) is 12.3. The number of nitrogens with one attached hydrogen (secondary N) is 1. The Morgan fingerprint density at radius 1 is 1.38 bits per heavy atom. The SMILES string of the molecule is CC(=O)Nc1ccc(C(C=S)C(=O)O)cc1. The minimum Gasteiger partial charge on any atom is -0.481 e. The number of anilines is 1. The van der Waals surface area contributed by atoms with Gasteiger partial charge in [0.1, 0.15) is 5.92 Å². The number of carbonyl (C=O) groups is 2. The van der Waals surface area contributed by atoms with E-state index in [1.165, 1.54) is 12.3 Å². The van der Waals surface area contributed by atoms with Crippen LogP contribution in [0.3, 0.4) is 0 Å². The van der Waals surface area contributed by atoms with Crippen molar-refractivity contribution in [3.8, 4) is 0 Å². The second-order valence-corrected chi connectivity index (χ2v) is 3.53. The standard InChI is InChI=1S/C11H11NO3S/c1-7(13)12-9-4-2-8(3-5-9)10(6-16)11(14)15/h2-6,10H,1H3,(H,12,13)(H,14,15). The molecule has 0 heterocycles. The lowest BCUT2D eigenvalue weighted by Crippen LogP contribution is -2.12. The van der Waals surface area contributed by atoms with Crippen molar-refractivity contribution >= 4 is 35.1 Å². The van der Waals surface area contributed by atoms with Gasteiger partial charge in [0.25, 0.3) is 0 Å². The molecule has 1 amide bonds. The highest BCUT2D eigenvalue weighted by molar-refractivity contribution is 7.79. The van der Waals surface area contributed by atoms with E-state index in [4.69, 9.17) is 5.11 Å². The van der Waals surface area contributed by atoms with E-state index in [1.807, 2.05) is 0 Å². The molecule has 0 bridgehead atoms. The van der Waals surface area contributed by atoms with Gasteiger partial charge in [-0.2, -0.15) is 0 Å². The van der Waals surface area contributed by atoms with Crippen molar-refractivity contribution in [2.75, 3.05) is 5.32 Å². The normalized spacial score (nSPS) is 11.6. The summed E-state index contributed by atoms with van der Waals surface area (Å²) in [4.78, 5) is 21.6. The van der Waals surface area contributed by atoms with Crippen LogP contribution in [0, 0.1) is 0 Å². The second kappa shape index (κ2) is 5.37. The van der Waals surface area contributed by atoms with Crippen LogP contribution < -0.4 is 5.32 Å². The van der Waals surface area contributed by atoms with Crippen LogP contribution >= 0.6 is 12.2 Å². The fourth-order valence-electron chi connectivity index (χ4n) is 1.26. The molecule has 4 nitrogen and oxygen atoms in total. The minimum absolute atomic E-state index is 0.169. The van der Waals surface area contributed by atoms with Crippen molar-refractivity contribution in [3.63, 3.8) is 0 Å². The first-order chi connectivity index (χ1) is 7.54. The van der Waals surface area contributed by atoms with E-state index in [1.54, 1.807) is 24.3 Å². The number of rotatable bonds is 4. The summed E-state index contributed by atoms with van der Waals surface area (Å²) in [6, 6.07) is 6.55. The van der Waals surface area contributed by atoms with E-state index >= 15 is 0 Å². The maximum absolute atomic E-state index is 10.8. The van der Waals surface area contributed by atoms with E-state index in [-0.39, 0.29) is 5.91 Å². The van der Waals surface area contributed by atoms with Crippen LogP contribution in [0.2, 0.25) is 0 Å². The Morgan fingerprint density at radius 3 is 2.31 bits per heavy atom. The third kappa shape index (κ3) is 3.13. The number of thiocarbonyl (C=S) groups is 1. The van der Waals surface area contributed by atoms with Gasteiger partial charge in [-0.25, -0.2) is 0 Å². The molecule has 0 aromatic heterocycles. The number of amides is 1. The maximum atomic E-state index is 10.8. The second-order valence-electron chi connectivity index (χ2n) is 3.26. The Hall–Kier alpha value is -1.75. The van der Waals surface area contributed by atoms with Crippen LogP contribution in [0.15, 0.2) is 24.3 Å². The van der Waals surface area contributed by atoms with Crippen molar-refractivity contribution in [1.82, 2.24) is 0 Å². The van der Waals surface area contributed by atoms with E-state index in [2.05, 4.69) is 17.5 Å². The molecular formula is C11H11NO3S. The summed E-state index contributed by atoms with van der Waals surface area (Å²) in [7, 11) is 0. The number of carboxylic acids is 1. The molecule has 0 fully saturated rings. The first-order valence-electron chi connectivity index (χ1n) is 4.60. The smallest absolute Gasteiger partial charge is 0.315 e. The largest absolute Gasteiger partial charge is 0.481 e. The van der Waals surface area contributed by atoms with Gasteiger partial charge in [-0.3, -0.25) is 9.59 Å². The van der Waals surface area contributed by atoms with Crippen LogP contribution in [0.4, 0.5) is 5.69 Å². The number of carboxylic acid groups (broad SMARTS) is 1. The highest BCUT2D eigenvalue weighted by atomic mass is 32.1. The third-order valence-electron chi connectivity index (χ3n) is 1.99. The first-order valence-corrected chi connectivity index (χ1v) is 5.07. The average molecular weight is 237 g/mol. The Morgan fingerprint density at radius 2 is 1.94 bits per heavy atom. The summed E-state index contributed by atoms with van der Waals surface area (Å²) in [6.07, 6.45) is 0. The van der Waals surface area contributed by atoms with E-state index in [9.17, 15) is 9.59 Å². The molecule has 84 valence electrons. The Labute approximate surface area is 98.3 Å². The Balaban J connectivity index is 2.89. The van der Waals surface area contributed by atoms with Gasteiger partial charge in [0.05, 0.1) is 0 Å². The number of aliphatic carboxylic acids is 1. The quantitative estimate of drug-likeness (QED) is 0.784. The zero-order valence-corrected chi connectivity index (χ0v) is 9.45. The Kier molecular flexibility index (Phi) is 4.13. The topological polar surface area (TPSA) is 66.4 Å². The van der Waals surface area contributed by atoms with Crippen molar-refractivity contribution in [1.29, 1.82) is 0 Å². The van der Waals surface area contributed by atoms with Gasteiger partial charge < -0.3 is 10.4 Å². The van der Waals surface area contributed by atoms with E-state index < -0.39 is 11.9 Å². The molecule has 0 aliphatic heterocycles. The molecule has 0 saturated carbocycles. The average Bonchev–Trinajstić information content (AvgIpc) is 2.20. The molecule has 0 saturated heterocycles. The highest BCUT2D eigenvalue weighted by Gasteiger charge is 2.16. The lowest BCUT2D eigenvalue weighted by Gasteiger charge is -2.08. The van der Waals surface area contributed by atoms with Gasteiger partial charge in [-0.1, -0.05) is 24.4 Å². The third-order valence-corrected chi connectivity index (χ3v) is 2.26. The van der Waals surface area contributed by atoms with Crippen molar-refractivity contribution < 1.29 is 14.7 Å². The van der Waals surface area contributed by atoms with E-state index in [0.717, 1.165) is 0 Å². The molecule has 1 atom stereocenters. The summed E-state index contributed by atoms with van der Waals surface area (Å²) in [5.74, 6) is -1.94. The van der Waals surface area contributed by atoms with Crippen molar-refractivity contribution in [3.05, 3.63) is 29.8 Å². The van der Waals surface area contributed by atoms with Crippen LogP contribution in [0.25, 0.3) is 0 Å². The molecule has 1 unspecified atom stereocenters. The minimum atomic E-state index is -0.984. The highest BCUT2D eigenvalue weighted by Crippen LogP contribution is 2.17. The van der Waals surface area contributed by atoms with Crippen LogP contribution in [-0.2, 0) is 9.59 Å². The predicted molar refractivity (Wildman–Crippen MR) is 64.8 cm³/mol. The zero-order chi connectivity index (χ0) is 12.1. The Bertz CT molecular complexity index is 414. The lowest BCUT2D eigenvalue weighted by atomic mass is 10.0. The summed E-state index contributed by atoms with van der Waals surface area (Å²) in [5, 5.41) is 12.7. The molecular weight excluding hydrogens is 226 g/mol. The van der Waals surface area contributed by atoms with Gasteiger partial charge in [0.15, 0.2) is 0 Å². The molecule has 1 rings (SSSR count). The van der Waals surface area contributed by atoms with Gasteiger partial charge >= 0.3 is 5.97 Å². The molecule has 16 heavy (non-hydrogen) atoms. The molecule has 1 aromatic rings. The number of hydrogen-bond donors (Lipinski definition) is 2. The molecule has 1 aromatic carbocycles. The summed E-state index contributed by atoms with van der Waals surface area (Å²) in [6.45, 7) is 1.41. The maximum Gasteiger partial charge on any atom is 0.315 e. The fourth-order valence-corrected chi connectivity index (χ4v) is 1.53. The van der Waals surface area contributed by atoms with Crippen LogP contribution in [0.1, 0.15) is 18.4 Å². The zero-order valence-electron chi connectivity index (χ0n) is 8.64. The molecule has 2 N–H and O–H groups in total. The number of benzene rings is 1. The van der Waals surface area contributed by atoms with Crippen molar-refractivity contribution in [2.24, 2.45) is 0 Å². The monoisotopic (exact) mass is 237 g/mol. The molecule has 0 aliphatic rings. The van der Waals surface area contributed by atoms with Gasteiger partial charge in [-0.15, -0.1) is 0 Å². The summed E-state index contributed by atoms with van der Waals surface area (Å²) in [5.41, 5.74) is 1.22. The summed E-state index contributed by atoms with van der Waals surface area (Å²) < 4.78 is 0. The fraction of sp³-hybridized carbons (Fsp3) is 0.182. The van der Waals surface area contributed by atoms with Crippen molar-refractivity contribution in [2.45, 2.75) is 12.8 Å². The van der Waals surface area contributed by atoms with Gasteiger partial charge in [0, 0.05) is 12.6 Å². The molecule has 0 aliphatic carbocycles. The number of carbonyl (C=O) groups excluding carboxylic acids is 1. The summed E-state index contributed by atoms with van der Waals surface area (Å²) >= 11 is 4.66. The van der Waals surface area contributed by atoms with E-state index in [0.29, 0.717) is 11.3 Å². The predicted octanol–water partition coefficient (Wildman–Crippen LogP) is 1.81. The lowest BCUT2D eigenvalue weighted by molar-refractivity contribution is -0.136. The molecule has 0 radical (unpaired) electrons. The van der Waals surface area contributed by atoms with Gasteiger partial charge in [-0.05, 0) is 23.1 Å². The van der Waals surface area contributed by atoms with Gasteiger partial charge in [0.2, 0.25) is 5.91 Å². The van der Waals surface area contributed by atoms with Crippen LogP contribution in [-0.4, -0.2) is 22.4 Å². The van der Waals surface area contributed by atoms with Crippen LogP contribution in [0.5, 0.6) is 0 Å². The number of hydrogen-bond acceptors (Lipinski definition) is 3.